The Balaban J connectivity index is 2.12. The zero-order valence-corrected chi connectivity index (χ0v) is 15.1. The minimum absolute atomic E-state index is 0.0127. The van der Waals surface area contributed by atoms with E-state index in [9.17, 15) is 0 Å². The molecule has 0 spiro atoms. The van der Waals surface area contributed by atoms with E-state index in [1.165, 1.54) is 0 Å². The normalized spacial score (nSPS) is 35.3. The van der Waals surface area contributed by atoms with Gasteiger partial charge in [-0.2, -0.15) is 0 Å². The van der Waals surface area contributed by atoms with E-state index < -0.39 is 0 Å². The molecule has 21 heavy (non-hydrogen) atoms. The van der Waals surface area contributed by atoms with Gasteiger partial charge in [0.25, 0.3) is 0 Å². The summed E-state index contributed by atoms with van der Waals surface area (Å²) in [6.45, 7) is 18.8. The smallest absolute Gasteiger partial charge is 0.403 e. The van der Waals surface area contributed by atoms with Crippen LogP contribution in [0, 0.1) is 0 Å². The average molecular weight is 296 g/mol. The Hall–Kier alpha value is -0.0301. The first-order valence-electron chi connectivity index (χ1n) is 8.06. The summed E-state index contributed by atoms with van der Waals surface area (Å²) in [4.78, 5) is 0. The van der Waals surface area contributed by atoms with Gasteiger partial charge in [0.2, 0.25) is 0 Å². The van der Waals surface area contributed by atoms with Crippen LogP contribution in [-0.4, -0.2) is 36.6 Å². The molecule has 0 aromatic heterocycles. The fourth-order valence-electron chi connectivity index (χ4n) is 2.79. The summed E-state index contributed by atoms with van der Waals surface area (Å²) in [5, 5.41) is 0. The van der Waals surface area contributed by atoms with E-state index >= 15 is 0 Å². The molecule has 0 aliphatic carbocycles. The molecule has 0 aromatic rings. The van der Waals surface area contributed by atoms with E-state index in [0.717, 1.165) is 6.42 Å². The molecule has 2 aliphatic heterocycles. The second-order valence-corrected chi connectivity index (χ2v) is 8.18. The Morgan fingerprint density at radius 2 is 1.10 bits per heavy atom. The molecule has 0 aromatic carbocycles. The van der Waals surface area contributed by atoms with Crippen molar-refractivity contribution in [2.45, 2.75) is 96.9 Å². The highest BCUT2D eigenvalue weighted by molar-refractivity contribution is 6.68. The maximum Gasteiger partial charge on any atom is 0.458 e. The Bertz CT molecular complexity index is 394. The van der Waals surface area contributed by atoms with Crippen molar-refractivity contribution in [1.82, 2.24) is 0 Å². The van der Waals surface area contributed by atoms with Gasteiger partial charge in [-0.25, -0.2) is 0 Å². The van der Waals surface area contributed by atoms with E-state index in [4.69, 9.17) is 18.6 Å². The predicted molar refractivity (Wildman–Crippen MR) is 86.2 cm³/mol. The summed E-state index contributed by atoms with van der Waals surface area (Å²) >= 11 is 0. The van der Waals surface area contributed by atoms with E-state index in [1.54, 1.807) is 0 Å². The molecule has 0 saturated carbocycles. The molecule has 2 aliphatic rings. The maximum absolute atomic E-state index is 6.24. The van der Waals surface area contributed by atoms with Crippen molar-refractivity contribution in [1.29, 1.82) is 0 Å². The van der Waals surface area contributed by atoms with Gasteiger partial charge >= 0.3 is 14.2 Å². The van der Waals surface area contributed by atoms with Gasteiger partial charge in [-0.05, 0) is 54.9 Å². The van der Waals surface area contributed by atoms with Gasteiger partial charge in [0.05, 0.1) is 22.4 Å². The molecule has 2 heterocycles. The first-order chi connectivity index (χ1) is 9.35. The van der Waals surface area contributed by atoms with Crippen LogP contribution >= 0.6 is 0 Å². The van der Waals surface area contributed by atoms with Gasteiger partial charge in [0.15, 0.2) is 0 Å². The van der Waals surface area contributed by atoms with Crippen LogP contribution in [-0.2, 0) is 18.6 Å². The summed E-state index contributed by atoms with van der Waals surface area (Å²) in [5.74, 6) is 0. The largest absolute Gasteiger partial charge is 0.458 e. The van der Waals surface area contributed by atoms with Crippen molar-refractivity contribution in [3.05, 3.63) is 0 Å². The molecule has 0 radical (unpaired) electrons. The molecule has 2 rings (SSSR count). The average Bonchev–Trinajstić information content (AvgIpc) is 2.70. The number of hydrogen-bond donors (Lipinski definition) is 0. The predicted octanol–water partition coefficient (Wildman–Crippen LogP) is 3.49. The lowest BCUT2D eigenvalue weighted by Gasteiger charge is -2.35. The molecule has 0 bridgehead atoms. The number of rotatable bonds is 3. The van der Waals surface area contributed by atoms with Gasteiger partial charge in [-0.15, -0.1) is 0 Å². The molecule has 2 saturated heterocycles. The summed E-state index contributed by atoms with van der Waals surface area (Å²) in [5.41, 5.74) is -1.24. The highest BCUT2D eigenvalue weighted by Crippen LogP contribution is 2.46. The van der Waals surface area contributed by atoms with Crippen LogP contribution < -0.4 is 0 Å². The molecule has 0 amide bonds. The second kappa shape index (κ2) is 4.98. The third-order valence-electron chi connectivity index (χ3n) is 5.87. The van der Waals surface area contributed by atoms with E-state index in [1.807, 2.05) is 0 Å². The molecule has 2 fully saturated rings. The van der Waals surface area contributed by atoms with E-state index in [-0.39, 0.29) is 42.4 Å². The van der Waals surface area contributed by atoms with E-state index in [0.29, 0.717) is 0 Å². The highest BCUT2D eigenvalue weighted by Gasteiger charge is 2.61. The molecular weight excluding hydrogens is 266 g/mol. The van der Waals surface area contributed by atoms with E-state index in [2.05, 4.69) is 62.3 Å². The van der Waals surface area contributed by atoms with Gasteiger partial charge < -0.3 is 18.6 Å². The molecule has 2 unspecified atom stereocenters. The van der Waals surface area contributed by atoms with Crippen LogP contribution in [0.3, 0.4) is 0 Å². The SMILES string of the molecule is CCC1(C)OB(C(C)B2OC(C)(C)C(C)(C)O2)OC1(C)C. The lowest BCUT2D eigenvalue weighted by molar-refractivity contribution is -0.0119. The summed E-state index contributed by atoms with van der Waals surface area (Å²) < 4.78 is 24.7. The van der Waals surface area contributed by atoms with Crippen molar-refractivity contribution in [3.8, 4) is 0 Å². The topological polar surface area (TPSA) is 36.9 Å². The van der Waals surface area contributed by atoms with Gasteiger partial charge in [0.1, 0.15) is 0 Å². The van der Waals surface area contributed by atoms with Crippen LogP contribution in [0.1, 0.15) is 68.7 Å². The monoisotopic (exact) mass is 296 g/mol. The molecule has 4 nitrogen and oxygen atoms in total. The third-order valence-corrected chi connectivity index (χ3v) is 5.87. The zero-order chi connectivity index (χ0) is 16.3. The first kappa shape index (κ1) is 17.3. The summed E-state index contributed by atoms with van der Waals surface area (Å²) in [6.07, 6.45) is 0.909. The lowest BCUT2D eigenvalue weighted by atomic mass is 9.53. The second-order valence-electron chi connectivity index (χ2n) is 8.18. The summed E-state index contributed by atoms with van der Waals surface area (Å²) in [7, 11) is -0.616. The van der Waals surface area contributed by atoms with Crippen molar-refractivity contribution >= 4 is 14.2 Å². The van der Waals surface area contributed by atoms with Crippen LogP contribution in [0.2, 0.25) is 5.72 Å². The highest BCUT2D eigenvalue weighted by atomic mass is 16.7. The maximum atomic E-state index is 6.24. The minimum atomic E-state index is -0.325. The Labute approximate surface area is 130 Å². The fourth-order valence-corrected chi connectivity index (χ4v) is 2.79. The lowest BCUT2D eigenvalue weighted by Crippen LogP contribution is -2.44. The molecule has 6 heteroatoms. The molecule has 120 valence electrons. The summed E-state index contributed by atoms with van der Waals surface area (Å²) in [6, 6.07) is 0. The van der Waals surface area contributed by atoms with Crippen LogP contribution in [0.5, 0.6) is 0 Å². The Morgan fingerprint density at radius 1 is 0.714 bits per heavy atom. The fraction of sp³-hybridized carbons (Fsp3) is 1.00. The van der Waals surface area contributed by atoms with Gasteiger partial charge in [-0.1, -0.05) is 13.8 Å². The Morgan fingerprint density at radius 3 is 1.48 bits per heavy atom. The third kappa shape index (κ3) is 2.69. The van der Waals surface area contributed by atoms with Crippen molar-refractivity contribution < 1.29 is 18.6 Å². The number of hydrogen-bond acceptors (Lipinski definition) is 4. The van der Waals surface area contributed by atoms with Gasteiger partial charge in [-0.3, -0.25) is 0 Å². The van der Waals surface area contributed by atoms with Gasteiger partial charge in [0, 0.05) is 5.72 Å². The molecule has 0 N–H and O–H groups in total. The van der Waals surface area contributed by atoms with Crippen molar-refractivity contribution in [2.24, 2.45) is 0 Å². The van der Waals surface area contributed by atoms with Crippen molar-refractivity contribution in [2.75, 3.05) is 0 Å². The standard InChI is InChI=1S/C15H30B2O4/c1-10-15(9)14(7,8)20-17(21-15)11(2)16-18-12(3,4)13(5,6)19-16/h11H,10H2,1-9H3. The van der Waals surface area contributed by atoms with Crippen LogP contribution in [0.15, 0.2) is 0 Å². The quantitative estimate of drug-likeness (QED) is 0.747. The minimum Gasteiger partial charge on any atom is -0.403 e. The van der Waals surface area contributed by atoms with Crippen LogP contribution in [0.4, 0.5) is 0 Å². The van der Waals surface area contributed by atoms with Crippen molar-refractivity contribution in [3.63, 3.8) is 0 Å². The first-order valence-corrected chi connectivity index (χ1v) is 8.06. The van der Waals surface area contributed by atoms with Crippen LogP contribution in [0.25, 0.3) is 0 Å². The Kier molecular flexibility index (Phi) is 4.11. The zero-order valence-electron chi connectivity index (χ0n) is 15.1. The molecule has 2 atom stereocenters. The molecular formula is C15H30B2O4.